The molecule has 0 fully saturated rings. The van der Waals surface area contributed by atoms with Crippen molar-refractivity contribution in [3.8, 4) is 11.1 Å². The molecule has 0 aliphatic carbocycles. The summed E-state index contributed by atoms with van der Waals surface area (Å²) in [7, 11) is 0. The third kappa shape index (κ3) is 7.26. The maximum atomic E-state index is 7.08. The molecule has 0 aliphatic rings. The number of hydrogen-bond donors (Lipinski definition) is 0. The van der Waals surface area contributed by atoms with Gasteiger partial charge in [-0.15, -0.1) is 0 Å². The summed E-state index contributed by atoms with van der Waals surface area (Å²) in [6.45, 7) is 26.6. The zero-order valence-electron chi connectivity index (χ0n) is 43.6. The van der Waals surface area contributed by atoms with Crippen LogP contribution >= 0.6 is 0 Å². The highest BCUT2D eigenvalue weighted by molar-refractivity contribution is 6.24. The van der Waals surface area contributed by atoms with Crippen molar-refractivity contribution in [3.05, 3.63) is 212 Å². The smallest absolute Gasteiger partial charge is 0.147 e. The Bertz CT molecular complexity index is 3780. The molecule has 72 heavy (non-hydrogen) atoms. The van der Waals surface area contributed by atoms with Crippen LogP contribution in [0.3, 0.4) is 0 Å². The van der Waals surface area contributed by atoms with Crippen LogP contribution in [0, 0.1) is 83.1 Å². The molecule has 12 rings (SSSR count). The van der Waals surface area contributed by atoms with Crippen LogP contribution < -0.4 is 9.80 Å². The minimum Gasteiger partial charge on any atom is -0.455 e. The van der Waals surface area contributed by atoms with Crippen LogP contribution in [-0.2, 0) is 0 Å². The normalized spacial score (nSPS) is 11.9. The predicted octanol–water partition coefficient (Wildman–Crippen LogP) is 20.1. The highest BCUT2D eigenvalue weighted by atomic mass is 16.3. The summed E-state index contributed by atoms with van der Waals surface area (Å²) in [5.41, 5.74) is 27.7. The minimum atomic E-state index is 0.825. The molecule has 0 N–H and O–H groups in total. The van der Waals surface area contributed by atoms with Crippen molar-refractivity contribution in [1.29, 1.82) is 0 Å². The monoisotopic (exact) mass is 936 g/mol. The molecule has 0 bridgehead atoms. The van der Waals surface area contributed by atoms with Gasteiger partial charge in [-0.3, -0.25) is 0 Å². The first kappa shape index (κ1) is 45.1. The van der Waals surface area contributed by atoms with Crippen LogP contribution in [0.4, 0.5) is 34.1 Å². The summed E-state index contributed by atoms with van der Waals surface area (Å²) in [4.78, 5) is 4.82. The molecule has 4 heteroatoms. The maximum Gasteiger partial charge on any atom is 0.147 e. The van der Waals surface area contributed by atoms with Gasteiger partial charge in [0.1, 0.15) is 22.3 Å². The molecule has 2 aromatic heterocycles. The summed E-state index contributed by atoms with van der Waals surface area (Å²) in [5, 5.41) is 8.85. The molecule has 0 unspecified atom stereocenters. The average Bonchev–Trinajstić information content (AvgIpc) is 3.90. The van der Waals surface area contributed by atoms with E-state index in [0.717, 1.165) is 111 Å². The van der Waals surface area contributed by atoms with Gasteiger partial charge in [0.15, 0.2) is 0 Å². The summed E-state index contributed by atoms with van der Waals surface area (Å²) in [6, 6.07) is 54.2. The Morgan fingerprint density at radius 1 is 0.278 bits per heavy atom. The van der Waals surface area contributed by atoms with E-state index in [4.69, 9.17) is 8.83 Å². The van der Waals surface area contributed by atoms with Gasteiger partial charge >= 0.3 is 0 Å². The van der Waals surface area contributed by atoms with Gasteiger partial charge in [0.25, 0.3) is 0 Å². The van der Waals surface area contributed by atoms with Crippen molar-refractivity contribution in [2.45, 2.75) is 83.1 Å². The SMILES string of the molecule is Cc1cc(N(c2cc(C)c(C)c(C)c2)c2ccc3cc4c(cc3c2)oc2c(-c3ccccc3)c3oc5cc6cc(N(c7cc(C)c(C)c(C)c7)c7cc(C)c(C)c(C)c7)ccc6cc5c3cc24)cc(C)c1C. The Labute approximate surface area is 422 Å². The van der Waals surface area contributed by atoms with Crippen molar-refractivity contribution in [3.63, 3.8) is 0 Å². The lowest BCUT2D eigenvalue weighted by molar-refractivity contribution is 0.658. The number of rotatable bonds is 7. The lowest BCUT2D eigenvalue weighted by Crippen LogP contribution is -2.12. The van der Waals surface area contributed by atoms with E-state index in [9.17, 15) is 0 Å². The summed E-state index contributed by atoms with van der Waals surface area (Å²) in [5.74, 6) is 0. The molecule has 0 saturated heterocycles. The highest BCUT2D eigenvalue weighted by Gasteiger charge is 2.24. The lowest BCUT2D eigenvalue weighted by atomic mass is 9.97. The van der Waals surface area contributed by atoms with Crippen LogP contribution in [0.1, 0.15) is 66.8 Å². The van der Waals surface area contributed by atoms with E-state index in [1.807, 2.05) is 0 Å². The quantitative estimate of drug-likeness (QED) is 0.159. The average molecular weight is 937 g/mol. The second-order valence-electron chi connectivity index (χ2n) is 20.8. The molecule has 0 atom stereocenters. The van der Waals surface area contributed by atoms with Gasteiger partial charge in [-0.1, -0.05) is 42.5 Å². The number of hydrogen-bond acceptors (Lipinski definition) is 4. The first-order chi connectivity index (χ1) is 34.6. The largest absolute Gasteiger partial charge is 0.455 e. The van der Waals surface area contributed by atoms with E-state index < -0.39 is 0 Å². The Morgan fingerprint density at radius 3 is 0.944 bits per heavy atom. The van der Waals surface area contributed by atoms with Gasteiger partial charge in [-0.05, 0) is 280 Å². The van der Waals surface area contributed by atoms with Crippen LogP contribution in [-0.4, -0.2) is 0 Å². The van der Waals surface area contributed by atoms with E-state index in [0.29, 0.717) is 0 Å². The maximum absolute atomic E-state index is 7.08. The predicted molar refractivity (Wildman–Crippen MR) is 308 cm³/mol. The lowest BCUT2D eigenvalue weighted by Gasteiger charge is -2.28. The second-order valence-corrected chi connectivity index (χ2v) is 20.8. The second kappa shape index (κ2) is 16.8. The Balaban J connectivity index is 1.03. The van der Waals surface area contributed by atoms with E-state index in [1.165, 1.54) is 66.8 Å². The number of anilines is 6. The van der Waals surface area contributed by atoms with Gasteiger partial charge in [-0.25, -0.2) is 0 Å². The van der Waals surface area contributed by atoms with Crippen molar-refractivity contribution in [2.24, 2.45) is 0 Å². The fourth-order valence-corrected chi connectivity index (χ4v) is 11.2. The molecule has 0 aliphatic heterocycles. The van der Waals surface area contributed by atoms with Crippen molar-refractivity contribution in [2.75, 3.05) is 9.80 Å². The molecule has 0 spiro atoms. The molecular formula is C68H60N2O2. The Hall–Kier alpha value is -8.08. The zero-order valence-corrected chi connectivity index (χ0v) is 43.6. The third-order valence-corrected chi connectivity index (χ3v) is 16.3. The van der Waals surface area contributed by atoms with Gasteiger partial charge in [-0.2, -0.15) is 0 Å². The van der Waals surface area contributed by atoms with Crippen LogP contribution in [0.5, 0.6) is 0 Å². The van der Waals surface area contributed by atoms with Crippen molar-refractivity contribution in [1.82, 2.24) is 0 Å². The van der Waals surface area contributed by atoms with E-state index >= 15 is 0 Å². The van der Waals surface area contributed by atoms with Crippen LogP contribution in [0.25, 0.3) is 76.5 Å². The van der Waals surface area contributed by atoms with Gasteiger partial charge < -0.3 is 18.6 Å². The Kier molecular flexibility index (Phi) is 10.5. The van der Waals surface area contributed by atoms with Crippen molar-refractivity contribution < 1.29 is 8.83 Å². The standard InChI is InChI=1S/C68H60N2O2/c1-37-22-56(23-38(2)45(37)9)69(57-24-39(3)46(10)40(4)25-57)54-20-18-50-32-60-62-36-63-61-33-51-19-21-55(70(58-26-41(5)47(11)42(6)27-58)59-28-43(7)48(12)44(8)29-59)31-53(51)35-65(61)72-68(63)66(49-16-14-13-15-17-49)67(62)71-64(60)34-52(50)30-54/h13-36H,1-12H3. The Morgan fingerprint density at radius 2 is 0.611 bits per heavy atom. The molecular weight excluding hydrogens is 877 g/mol. The summed E-state index contributed by atoms with van der Waals surface area (Å²) < 4.78 is 14.2. The van der Waals surface area contributed by atoms with Gasteiger partial charge in [0, 0.05) is 55.7 Å². The molecule has 354 valence electrons. The molecule has 0 amide bonds. The van der Waals surface area contributed by atoms with Crippen LogP contribution in [0.2, 0.25) is 0 Å². The minimum absolute atomic E-state index is 0.825. The topological polar surface area (TPSA) is 32.8 Å². The highest BCUT2D eigenvalue weighted by Crippen LogP contribution is 2.48. The molecule has 2 heterocycles. The summed E-state index contributed by atoms with van der Waals surface area (Å²) >= 11 is 0. The van der Waals surface area contributed by atoms with Crippen LogP contribution in [0.15, 0.2) is 154 Å². The third-order valence-electron chi connectivity index (χ3n) is 16.3. The molecule has 0 saturated carbocycles. The van der Waals surface area contributed by atoms with Gasteiger partial charge in [0.05, 0.1) is 5.56 Å². The van der Waals surface area contributed by atoms with E-state index in [-0.39, 0.29) is 0 Å². The first-order valence-corrected chi connectivity index (χ1v) is 25.3. The fourth-order valence-electron chi connectivity index (χ4n) is 11.2. The number of nitrogens with zero attached hydrogens (tertiary/aromatic N) is 2. The van der Waals surface area contributed by atoms with E-state index in [1.54, 1.807) is 0 Å². The fraction of sp³-hybridized carbons (Fsp3) is 0.176. The summed E-state index contributed by atoms with van der Waals surface area (Å²) in [6.07, 6.45) is 0. The van der Waals surface area contributed by atoms with Gasteiger partial charge in [0.2, 0.25) is 0 Å². The molecule has 10 aromatic carbocycles. The number of benzene rings is 10. The number of fused-ring (bicyclic) bond motifs is 8. The molecule has 4 nitrogen and oxygen atoms in total. The number of furan rings is 2. The molecule has 0 radical (unpaired) electrons. The van der Waals surface area contributed by atoms with Crippen molar-refractivity contribution >= 4 is 99.5 Å². The number of aryl methyl sites for hydroxylation is 8. The first-order valence-electron chi connectivity index (χ1n) is 25.3. The molecule has 12 aromatic rings. The van der Waals surface area contributed by atoms with E-state index in [2.05, 4.69) is 238 Å². The zero-order chi connectivity index (χ0) is 50.0.